The first kappa shape index (κ1) is 14.4. The Morgan fingerprint density at radius 3 is 2.19 bits per heavy atom. The summed E-state index contributed by atoms with van der Waals surface area (Å²) in [5.74, 6) is 2.04. The molecule has 0 aliphatic heterocycles. The number of hydrogen-bond acceptors (Lipinski definition) is 2. The van der Waals surface area contributed by atoms with Crippen LogP contribution >= 0.6 is 12.6 Å². The second kappa shape index (κ2) is 6.90. The van der Waals surface area contributed by atoms with Crippen molar-refractivity contribution >= 4 is 12.6 Å². The number of nitrogens with zero attached hydrogens (tertiary/aromatic N) is 1. The molecule has 0 aromatic rings. The molecule has 16 heavy (non-hydrogen) atoms. The molecule has 0 saturated heterocycles. The highest BCUT2D eigenvalue weighted by Gasteiger charge is 2.30. The SMILES string of the molecule is CCCN(CC1CC1)CC(CC)(CC)CS. The molecule has 0 bridgehead atoms. The summed E-state index contributed by atoms with van der Waals surface area (Å²) < 4.78 is 0. The third-order valence-electron chi connectivity index (χ3n) is 4.15. The van der Waals surface area contributed by atoms with Gasteiger partial charge in [-0.3, -0.25) is 0 Å². The minimum absolute atomic E-state index is 0.452. The predicted molar refractivity (Wildman–Crippen MR) is 76.3 cm³/mol. The van der Waals surface area contributed by atoms with Crippen molar-refractivity contribution in [3.63, 3.8) is 0 Å². The van der Waals surface area contributed by atoms with Crippen LogP contribution in [0.25, 0.3) is 0 Å². The third-order valence-corrected chi connectivity index (χ3v) is 4.82. The summed E-state index contributed by atoms with van der Waals surface area (Å²) in [5, 5.41) is 0. The van der Waals surface area contributed by atoms with E-state index in [2.05, 4.69) is 38.3 Å². The molecular formula is C14H29NS. The third kappa shape index (κ3) is 4.29. The van der Waals surface area contributed by atoms with Gasteiger partial charge in [-0.05, 0) is 55.7 Å². The Morgan fingerprint density at radius 2 is 1.81 bits per heavy atom. The second-order valence-corrected chi connectivity index (χ2v) is 5.86. The molecule has 0 aromatic heterocycles. The Labute approximate surface area is 107 Å². The van der Waals surface area contributed by atoms with Gasteiger partial charge in [0.15, 0.2) is 0 Å². The first-order valence-electron chi connectivity index (χ1n) is 7.03. The summed E-state index contributed by atoms with van der Waals surface area (Å²) in [4.78, 5) is 2.70. The molecule has 2 heteroatoms. The van der Waals surface area contributed by atoms with Crippen LogP contribution < -0.4 is 0 Å². The van der Waals surface area contributed by atoms with E-state index in [-0.39, 0.29) is 0 Å². The fourth-order valence-electron chi connectivity index (χ4n) is 2.44. The van der Waals surface area contributed by atoms with Gasteiger partial charge in [0.25, 0.3) is 0 Å². The monoisotopic (exact) mass is 243 g/mol. The summed E-state index contributed by atoms with van der Waals surface area (Å²) in [5.41, 5.74) is 0.452. The average molecular weight is 243 g/mol. The van der Waals surface area contributed by atoms with Crippen molar-refractivity contribution in [2.45, 2.75) is 52.9 Å². The van der Waals surface area contributed by atoms with Crippen LogP contribution in [0.1, 0.15) is 52.9 Å². The lowest BCUT2D eigenvalue weighted by atomic mass is 9.83. The van der Waals surface area contributed by atoms with Crippen molar-refractivity contribution in [1.82, 2.24) is 4.90 Å². The molecule has 1 fully saturated rings. The van der Waals surface area contributed by atoms with Crippen LogP contribution in [0, 0.1) is 11.3 Å². The maximum Gasteiger partial charge on any atom is 0.00457 e. The average Bonchev–Trinajstić information content (AvgIpc) is 3.10. The Hall–Kier alpha value is 0.310. The van der Waals surface area contributed by atoms with Gasteiger partial charge in [-0.1, -0.05) is 20.8 Å². The van der Waals surface area contributed by atoms with Gasteiger partial charge in [-0.2, -0.15) is 12.6 Å². The van der Waals surface area contributed by atoms with Crippen LogP contribution in [-0.2, 0) is 0 Å². The Bertz CT molecular complexity index is 177. The van der Waals surface area contributed by atoms with Crippen molar-refractivity contribution in [3.8, 4) is 0 Å². The largest absolute Gasteiger partial charge is 0.302 e. The molecule has 0 aromatic carbocycles. The summed E-state index contributed by atoms with van der Waals surface area (Å²) in [6.07, 6.45) is 6.73. The lowest BCUT2D eigenvalue weighted by Crippen LogP contribution is -2.40. The minimum atomic E-state index is 0.452. The van der Waals surface area contributed by atoms with Gasteiger partial charge in [0.05, 0.1) is 0 Å². The zero-order valence-electron chi connectivity index (χ0n) is 11.3. The fourth-order valence-corrected chi connectivity index (χ4v) is 2.99. The zero-order chi connectivity index (χ0) is 12.0. The van der Waals surface area contributed by atoms with Crippen LogP contribution in [0.2, 0.25) is 0 Å². The van der Waals surface area contributed by atoms with Crippen LogP contribution in [0.3, 0.4) is 0 Å². The Morgan fingerprint density at radius 1 is 1.19 bits per heavy atom. The Kier molecular flexibility index (Phi) is 6.20. The highest BCUT2D eigenvalue weighted by molar-refractivity contribution is 7.80. The van der Waals surface area contributed by atoms with E-state index >= 15 is 0 Å². The van der Waals surface area contributed by atoms with Crippen LogP contribution in [0.5, 0.6) is 0 Å². The van der Waals surface area contributed by atoms with Gasteiger partial charge in [0.2, 0.25) is 0 Å². The van der Waals surface area contributed by atoms with Crippen molar-refractivity contribution in [1.29, 1.82) is 0 Å². The lowest BCUT2D eigenvalue weighted by Gasteiger charge is -2.36. The summed E-state index contributed by atoms with van der Waals surface area (Å²) >= 11 is 4.58. The molecule has 0 spiro atoms. The van der Waals surface area contributed by atoms with Crippen molar-refractivity contribution in [2.24, 2.45) is 11.3 Å². The smallest absolute Gasteiger partial charge is 0.00457 e. The van der Waals surface area contributed by atoms with Gasteiger partial charge in [-0.25, -0.2) is 0 Å². The first-order valence-corrected chi connectivity index (χ1v) is 7.66. The standard InChI is InChI=1S/C14H29NS/c1-4-9-15(10-13-7-8-13)11-14(5-2,6-3)12-16/h13,16H,4-12H2,1-3H3. The van der Waals surface area contributed by atoms with Gasteiger partial charge >= 0.3 is 0 Å². The molecule has 0 atom stereocenters. The van der Waals surface area contributed by atoms with Crippen molar-refractivity contribution < 1.29 is 0 Å². The fraction of sp³-hybridized carbons (Fsp3) is 1.00. The van der Waals surface area contributed by atoms with Gasteiger partial charge in [-0.15, -0.1) is 0 Å². The Balaban J connectivity index is 2.48. The van der Waals surface area contributed by atoms with Crippen molar-refractivity contribution in [3.05, 3.63) is 0 Å². The van der Waals surface area contributed by atoms with E-state index in [1.54, 1.807) is 0 Å². The molecule has 0 unspecified atom stereocenters. The molecule has 1 nitrogen and oxygen atoms in total. The topological polar surface area (TPSA) is 3.24 Å². The maximum atomic E-state index is 4.58. The molecule has 0 heterocycles. The number of thiol groups is 1. The molecule has 1 aliphatic rings. The van der Waals surface area contributed by atoms with Crippen LogP contribution in [0.15, 0.2) is 0 Å². The summed E-state index contributed by atoms with van der Waals surface area (Å²) in [6, 6.07) is 0. The molecular weight excluding hydrogens is 214 g/mol. The molecule has 0 radical (unpaired) electrons. The molecule has 96 valence electrons. The summed E-state index contributed by atoms with van der Waals surface area (Å²) in [6.45, 7) is 10.8. The zero-order valence-corrected chi connectivity index (χ0v) is 12.2. The second-order valence-electron chi connectivity index (χ2n) is 5.54. The quantitative estimate of drug-likeness (QED) is 0.602. The van der Waals surface area contributed by atoms with E-state index in [0.717, 1.165) is 11.7 Å². The van der Waals surface area contributed by atoms with E-state index in [0.29, 0.717) is 5.41 Å². The van der Waals surface area contributed by atoms with E-state index in [1.165, 1.54) is 51.7 Å². The maximum absolute atomic E-state index is 4.58. The van der Waals surface area contributed by atoms with Crippen LogP contribution in [-0.4, -0.2) is 30.3 Å². The van der Waals surface area contributed by atoms with E-state index in [9.17, 15) is 0 Å². The van der Waals surface area contributed by atoms with Crippen molar-refractivity contribution in [2.75, 3.05) is 25.4 Å². The van der Waals surface area contributed by atoms with Gasteiger partial charge in [0.1, 0.15) is 0 Å². The predicted octanol–water partition coefficient (Wildman–Crippen LogP) is 3.84. The number of rotatable bonds is 9. The normalized spacial score (nSPS) is 17.1. The van der Waals surface area contributed by atoms with Gasteiger partial charge < -0.3 is 4.90 Å². The highest BCUT2D eigenvalue weighted by Crippen LogP contribution is 2.33. The molecule has 0 N–H and O–H groups in total. The number of hydrogen-bond donors (Lipinski definition) is 1. The van der Waals surface area contributed by atoms with E-state index in [1.807, 2.05) is 0 Å². The van der Waals surface area contributed by atoms with E-state index < -0.39 is 0 Å². The molecule has 0 amide bonds. The lowest BCUT2D eigenvalue weighted by molar-refractivity contribution is 0.152. The minimum Gasteiger partial charge on any atom is -0.302 e. The van der Waals surface area contributed by atoms with E-state index in [4.69, 9.17) is 0 Å². The van der Waals surface area contributed by atoms with Gasteiger partial charge in [0, 0.05) is 13.1 Å². The molecule has 1 rings (SSSR count). The molecule has 1 saturated carbocycles. The first-order chi connectivity index (χ1) is 7.69. The summed E-state index contributed by atoms with van der Waals surface area (Å²) in [7, 11) is 0. The molecule has 1 aliphatic carbocycles. The highest BCUT2D eigenvalue weighted by atomic mass is 32.1. The van der Waals surface area contributed by atoms with Crippen LogP contribution in [0.4, 0.5) is 0 Å².